The number of benzene rings is 1. The summed E-state index contributed by atoms with van der Waals surface area (Å²) in [6.07, 6.45) is 7.05. The number of hydrogen-bond acceptors (Lipinski definition) is 4. The summed E-state index contributed by atoms with van der Waals surface area (Å²) in [6.45, 7) is 8.37. The van der Waals surface area contributed by atoms with Crippen molar-refractivity contribution in [3.05, 3.63) is 64.1 Å². The first kappa shape index (κ1) is 22.1. The van der Waals surface area contributed by atoms with Crippen molar-refractivity contribution in [3.63, 3.8) is 0 Å². The largest absolute Gasteiger partial charge is 0.353 e. The van der Waals surface area contributed by atoms with Crippen molar-refractivity contribution in [1.29, 1.82) is 0 Å². The second-order valence-corrected chi connectivity index (χ2v) is 9.91. The minimum Gasteiger partial charge on any atom is -0.353 e. The number of rotatable bonds is 7. The van der Waals surface area contributed by atoms with Gasteiger partial charge >= 0.3 is 0 Å². The minimum absolute atomic E-state index is 0.145. The third kappa shape index (κ3) is 4.96. The number of carbonyl (C=O) groups excluding carboxylic acids is 1. The molecule has 1 aliphatic heterocycles. The number of fused-ring (bicyclic) bond motifs is 1. The Morgan fingerprint density at radius 2 is 1.97 bits per heavy atom. The molecule has 1 aromatic carbocycles. The van der Waals surface area contributed by atoms with Gasteiger partial charge in [0.25, 0.3) is 0 Å². The molecular formula is C27H35N5O. The molecule has 1 atom stereocenters. The van der Waals surface area contributed by atoms with Gasteiger partial charge in [-0.05, 0) is 70.5 Å². The lowest BCUT2D eigenvalue weighted by molar-refractivity contribution is -0.121. The van der Waals surface area contributed by atoms with E-state index in [1.165, 1.54) is 24.0 Å². The molecule has 2 aliphatic rings. The quantitative estimate of drug-likeness (QED) is 0.578. The number of hydrogen-bond donors (Lipinski definition) is 1. The van der Waals surface area contributed by atoms with Crippen LogP contribution < -0.4 is 5.32 Å². The van der Waals surface area contributed by atoms with Gasteiger partial charge in [-0.25, -0.2) is 9.50 Å². The molecule has 5 rings (SSSR count). The van der Waals surface area contributed by atoms with Gasteiger partial charge in [0.05, 0.1) is 11.7 Å². The highest BCUT2D eigenvalue weighted by Gasteiger charge is 2.27. The molecule has 6 heteroatoms. The summed E-state index contributed by atoms with van der Waals surface area (Å²) < 4.78 is 2.00. The molecule has 1 saturated heterocycles. The summed E-state index contributed by atoms with van der Waals surface area (Å²) in [4.78, 5) is 19.7. The number of piperidine rings is 1. The van der Waals surface area contributed by atoms with Gasteiger partial charge in [-0.1, -0.05) is 36.2 Å². The zero-order chi connectivity index (χ0) is 22.9. The number of carbonyl (C=O) groups is 1. The van der Waals surface area contributed by atoms with E-state index in [1.54, 1.807) is 0 Å². The fourth-order valence-electron chi connectivity index (χ4n) is 5.20. The zero-order valence-electron chi connectivity index (χ0n) is 20.1. The van der Waals surface area contributed by atoms with Crippen LogP contribution in [0.2, 0.25) is 0 Å². The van der Waals surface area contributed by atoms with Gasteiger partial charge in [-0.15, -0.1) is 0 Å². The molecule has 0 radical (unpaired) electrons. The minimum atomic E-state index is 0.145. The Kier molecular flexibility index (Phi) is 6.19. The lowest BCUT2D eigenvalue weighted by atomic mass is 9.98. The normalized spacial score (nSPS) is 19.2. The molecule has 3 heterocycles. The third-order valence-corrected chi connectivity index (χ3v) is 7.15. The van der Waals surface area contributed by atoms with E-state index in [0.29, 0.717) is 24.9 Å². The average Bonchev–Trinajstić information content (AvgIpc) is 3.49. The van der Waals surface area contributed by atoms with Gasteiger partial charge in [0.2, 0.25) is 5.91 Å². The summed E-state index contributed by atoms with van der Waals surface area (Å²) in [5.74, 6) is 0.145. The van der Waals surface area contributed by atoms with Crippen molar-refractivity contribution in [3.8, 4) is 0 Å². The fourth-order valence-corrected chi connectivity index (χ4v) is 5.20. The molecule has 174 valence electrons. The van der Waals surface area contributed by atoms with Gasteiger partial charge in [-0.3, -0.25) is 9.69 Å². The van der Waals surface area contributed by atoms with Crippen molar-refractivity contribution in [2.24, 2.45) is 0 Å². The number of nitrogens with one attached hydrogen (secondary N) is 1. The second kappa shape index (κ2) is 9.26. The molecule has 0 spiro atoms. The first-order valence-corrected chi connectivity index (χ1v) is 12.4. The monoisotopic (exact) mass is 445 g/mol. The van der Waals surface area contributed by atoms with Crippen LogP contribution in [-0.4, -0.2) is 38.0 Å². The highest BCUT2D eigenvalue weighted by Crippen LogP contribution is 2.32. The van der Waals surface area contributed by atoms with E-state index in [2.05, 4.69) is 61.3 Å². The van der Waals surface area contributed by atoms with Gasteiger partial charge < -0.3 is 5.32 Å². The lowest BCUT2D eigenvalue weighted by Crippen LogP contribution is -2.33. The van der Waals surface area contributed by atoms with Gasteiger partial charge in [-0.2, -0.15) is 5.10 Å². The number of likely N-dealkylation sites (tertiary alicyclic amines) is 1. The number of amides is 1. The molecule has 1 saturated carbocycles. The number of aromatic nitrogens is 3. The highest BCUT2D eigenvalue weighted by molar-refractivity contribution is 5.76. The molecule has 6 nitrogen and oxygen atoms in total. The molecule has 1 aliphatic carbocycles. The summed E-state index contributed by atoms with van der Waals surface area (Å²) in [5.41, 5.74) is 7.94. The van der Waals surface area contributed by atoms with Crippen LogP contribution >= 0.6 is 0 Å². The fraction of sp³-hybridized carbons (Fsp3) is 0.519. The molecule has 1 amide bonds. The summed E-state index contributed by atoms with van der Waals surface area (Å²) >= 11 is 0. The van der Waals surface area contributed by atoms with E-state index in [9.17, 15) is 4.79 Å². The van der Waals surface area contributed by atoms with Gasteiger partial charge in [0, 0.05) is 36.5 Å². The summed E-state index contributed by atoms with van der Waals surface area (Å²) in [7, 11) is 0. The Morgan fingerprint density at radius 3 is 2.76 bits per heavy atom. The predicted octanol–water partition coefficient (Wildman–Crippen LogP) is 4.59. The maximum Gasteiger partial charge on any atom is 0.220 e. The van der Waals surface area contributed by atoms with Crippen LogP contribution in [0.5, 0.6) is 0 Å². The Morgan fingerprint density at radius 1 is 1.12 bits per heavy atom. The van der Waals surface area contributed by atoms with E-state index < -0.39 is 0 Å². The molecule has 1 N–H and O–H groups in total. The zero-order valence-corrected chi connectivity index (χ0v) is 20.1. The summed E-state index contributed by atoms with van der Waals surface area (Å²) in [5, 5.41) is 8.13. The Labute approximate surface area is 196 Å². The lowest BCUT2D eigenvalue weighted by Gasteiger charge is -2.34. The standard InChI is InChI=1S/C27H35N5O/c1-18-7-6-8-21(15-18)17-31-14-5-4-9-25(31)24-16-26-28-19(2)23(20(3)32(26)30-24)12-13-27(33)29-22-10-11-22/h6-8,15-16,22,25H,4-5,9-14,17H2,1-3H3,(H,29,33)/t25-/m1/s1. The number of nitrogens with zero attached hydrogens (tertiary/aromatic N) is 4. The van der Waals surface area contributed by atoms with Gasteiger partial charge in [0.15, 0.2) is 5.65 Å². The molecular weight excluding hydrogens is 410 g/mol. The second-order valence-electron chi connectivity index (χ2n) is 9.91. The van der Waals surface area contributed by atoms with Crippen LogP contribution in [0.15, 0.2) is 30.3 Å². The maximum absolute atomic E-state index is 12.2. The van der Waals surface area contributed by atoms with Crippen molar-refractivity contribution in [2.75, 3.05) is 6.54 Å². The molecule has 0 unspecified atom stereocenters. The van der Waals surface area contributed by atoms with Crippen LogP contribution in [0.3, 0.4) is 0 Å². The predicted molar refractivity (Wildman–Crippen MR) is 130 cm³/mol. The Hall–Kier alpha value is -2.73. The van der Waals surface area contributed by atoms with E-state index in [-0.39, 0.29) is 5.91 Å². The van der Waals surface area contributed by atoms with E-state index in [1.807, 2.05) is 4.52 Å². The topological polar surface area (TPSA) is 62.5 Å². The van der Waals surface area contributed by atoms with E-state index in [4.69, 9.17) is 10.1 Å². The van der Waals surface area contributed by atoms with Crippen LogP contribution in [0.1, 0.15) is 78.3 Å². The van der Waals surface area contributed by atoms with Crippen molar-refractivity contribution >= 4 is 11.6 Å². The SMILES string of the molecule is Cc1cccc(CN2CCCC[C@@H]2c2cc3nc(C)c(CCC(=O)NC4CC4)c(C)n3n2)c1. The highest BCUT2D eigenvalue weighted by atomic mass is 16.1. The van der Waals surface area contributed by atoms with Crippen LogP contribution in [0.25, 0.3) is 5.65 Å². The van der Waals surface area contributed by atoms with Gasteiger partial charge in [0.1, 0.15) is 0 Å². The van der Waals surface area contributed by atoms with Crippen molar-refractivity contribution in [2.45, 2.75) is 84.3 Å². The number of aryl methyl sites for hydroxylation is 3. The molecule has 33 heavy (non-hydrogen) atoms. The van der Waals surface area contributed by atoms with Crippen LogP contribution in [0.4, 0.5) is 0 Å². The maximum atomic E-state index is 12.2. The third-order valence-electron chi connectivity index (χ3n) is 7.15. The smallest absolute Gasteiger partial charge is 0.220 e. The van der Waals surface area contributed by atoms with Crippen LogP contribution in [-0.2, 0) is 17.8 Å². The van der Waals surface area contributed by atoms with Crippen molar-refractivity contribution < 1.29 is 4.79 Å². The summed E-state index contributed by atoms with van der Waals surface area (Å²) in [6, 6.07) is 11.7. The Bertz CT molecular complexity index is 1160. The average molecular weight is 446 g/mol. The molecule has 3 aromatic rings. The Balaban J connectivity index is 1.38. The first-order chi connectivity index (χ1) is 16.0. The first-order valence-electron chi connectivity index (χ1n) is 12.4. The molecule has 2 aromatic heterocycles. The molecule has 0 bridgehead atoms. The van der Waals surface area contributed by atoms with E-state index in [0.717, 1.165) is 60.6 Å². The van der Waals surface area contributed by atoms with Crippen LogP contribution in [0, 0.1) is 20.8 Å². The van der Waals surface area contributed by atoms with Crippen molar-refractivity contribution in [1.82, 2.24) is 24.8 Å². The van der Waals surface area contributed by atoms with E-state index >= 15 is 0 Å². The molecule has 2 fully saturated rings.